The monoisotopic (exact) mass is 211 g/mol. The van der Waals surface area contributed by atoms with E-state index in [1.54, 1.807) is 12.1 Å². The first kappa shape index (κ1) is 9.68. The van der Waals surface area contributed by atoms with Gasteiger partial charge in [0.25, 0.3) is 0 Å². The molecule has 1 aliphatic carbocycles. The minimum Gasteiger partial charge on any atom is -0.324 e. The Morgan fingerprint density at radius 1 is 1.43 bits per heavy atom. The summed E-state index contributed by atoms with van der Waals surface area (Å²) in [5, 5.41) is 0. The molecule has 14 heavy (non-hydrogen) atoms. The third kappa shape index (κ3) is 1.44. The van der Waals surface area contributed by atoms with E-state index in [2.05, 4.69) is 0 Å². The number of nitrogens with two attached hydrogens (primary N) is 1. The molecular formula is C10H13NO2S. The van der Waals surface area contributed by atoms with Gasteiger partial charge in [-0.2, -0.15) is 0 Å². The lowest BCUT2D eigenvalue weighted by molar-refractivity contribution is 0.598. The van der Waals surface area contributed by atoms with Gasteiger partial charge in [-0.15, -0.1) is 0 Å². The molecule has 0 aromatic heterocycles. The van der Waals surface area contributed by atoms with Crippen molar-refractivity contribution in [3.63, 3.8) is 0 Å². The average Bonchev–Trinajstić information content (AvgIpc) is 2.46. The summed E-state index contributed by atoms with van der Waals surface area (Å²) < 4.78 is 23.0. The molecule has 0 aliphatic heterocycles. The van der Waals surface area contributed by atoms with E-state index < -0.39 is 9.84 Å². The summed E-state index contributed by atoms with van der Waals surface area (Å²) >= 11 is 0. The number of hydrogen-bond acceptors (Lipinski definition) is 3. The molecular weight excluding hydrogens is 198 g/mol. The maximum Gasteiger partial charge on any atom is 0.175 e. The summed E-state index contributed by atoms with van der Waals surface area (Å²) in [6.07, 6.45) is 2.97. The van der Waals surface area contributed by atoms with Crippen LogP contribution in [-0.2, 0) is 16.3 Å². The van der Waals surface area contributed by atoms with Crippen LogP contribution in [0.5, 0.6) is 0 Å². The molecule has 2 N–H and O–H groups in total. The number of sulfone groups is 1. The van der Waals surface area contributed by atoms with Crippen LogP contribution in [0.25, 0.3) is 0 Å². The Balaban J connectivity index is 2.70. The first-order valence-corrected chi connectivity index (χ1v) is 6.46. The van der Waals surface area contributed by atoms with Gasteiger partial charge in [0.1, 0.15) is 0 Å². The quantitative estimate of drug-likeness (QED) is 0.755. The van der Waals surface area contributed by atoms with Gasteiger partial charge in [-0.25, -0.2) is 8.42 Å². The molecule has 0 amide bonds. The van der Waals surface area contributed by atoms with E-state index in [4.69, 9.17) is 5.73 Å². The fraction of sp³-hybridized carbons (Fsp3) is 0.400. The normalized spacial score (nSPS) is 20.9. The molecule has 0 spiro atoms. The SMILES string of the molecule is CS(=O)(=O)c1cccc2c1[C@H](N)CC2. The third-order valence-corrected chi connectivity index (χ3v) is 3.81. The van der Waals surface area contributed by atoms with Crippen LogP contribution in [0.4, 0.5) is 0 Å². The second kappa shape index (κ2) is 3.07. The maximum absolute atomic E-state index is 11.5. The van der Waals surface area contributed by atoms with E-state index in [-0.39, 0.29) is 6.04 Å². The highest BCUT2D eigenvalue weighted by molar-refractivity contribution is 7.90. The van der Waals surface area contributed by atoms with Crippen molar-refractivity contribution in [2.75, 3.05) is 6.26 Å². The Hall–Kier alpha value is -0.870. The van der Waals surface area contributed by atoms with E-state index in [1.165, 1.54) is 6.26 Å². The van der Waals surface area contributed by atoms with Crippen molar-refractivity contribution < 1.29 is 8.42 Å². The minimum atomic E-state index is -3.14. The van der Waals surface area contributed by atoms with Gasteiger partial charge in [0, 0.05) is 12.3 Å². The van der Waals surface area contributed by atoms with E-state index in [0.29, 0.717) is 4.90 Å². The van der Waals surface area contributed by atoms with Gasteiger partial charge in [-0.05, 0) is 30.0 Å². The van der Waals surface area contributed by atoms with E-state index in [1.807, 2.05) is 6.07 Å². The van der Waals surface area contributed by atoms with Gasteiger partial charge in [0.15, 0.2) is 9.84 Å². The van der Waals surface area contributed by atoms with Crippen molar-refractivity contribution in [1.29, 1.82) is 0 Å². The first-order valence-electron chi connectivity index (χ1n) is 4.57. The number of rotatable bonds is 1. The van der Waals surface area contributed by atoms with Crippen molar-refractivity contribution in [1.82, 2.24) is 0 Å². The van der Waals surface area contributed by atoms with Crippen molar-refractivity contribution in [2.45, 2.75) is 23.8 Å². The molecule has 1 atom stereocenters. The molecule has 0 fully saturated rings. The molecule has 0 bridgehead atoms. The van der Waals surface area contributed by atoms with Crippen LogP contribution in [0.2, 0.25) is 0 Å². The molecule has 2 rings (SSSR count). The van der Waals surface area contributed by atoms with Crippen LogP contribution in [0, 0.1) is 0 Å². The molecule has 4 heteroatoms. The highest BCUT2D eigenvalue weighted by Gasteiger charge is 2.25. The molecule has 0 unspecified atom stereocenters. The first-order chi connectivity index (χ1) is 6.50. The highest BCUT2D eigenvalue weighted by Crippen LogP contribution is 2.34. The number of aryl methyl sites for hydroxylation is 1. The summed E-state index contributed by atoms with van der Waals surface area (Å²) in [6, 6.07) is 5.26. The zero-order valence-electron chi connectivity index (χ0n) is 8.03. The molecule has 1 aromatic rings. The third-order valence-electron chi connectivity index (χ3n) is 2.65. The van der Waals surface area contributed by atoms with E-state index in [0.717, 1.165) is 24.0 Å². The average molecular weight is 211 g/mol. The summed E-state index contributed by atoms with van der Waals surface area (Å²) in [6.45, 7) is 0. The van der Waals surface area contributed by atoms with E-state index in [9.17, 15) is 8.42 Å². The van der Waals surface area contributed by atoms with Gasteiger partial charge in [0.05, 0.1) is 4.90 Å². The summed E-state index contributed by atoms with van der Waals surface area (Å²) in [7, 11) is -3.14. The second-order valence-electron chi connectivity index (χ2n) is 3.75. The Morgan fingerprint density at radius 2 is 2.14 bits per heavy atom. The van der Waals surface area contributed by atoms with Crippen LogP contribution < -0.4 is 5.73 Å². The molecule has 0 heterocycles. The molecule has 0 saturated heterocycles. The smallest absolute Gasteiger partial charge is 0.175 e. The van der Waals surface area contributed by atoms with E-state index >= 15 is 0 Å². The minimum absolute atomic E-state index is 0.115. The lowest BCUT2D eigenvalue weighted by atomic mass is 10.1. The molecule has 1 aliphatic rings. The maximum atomic E-state index is 11.5. The van der Waals surface area contributed by atoms with Crippen molar-refractivity contribution in [3.05, 3.63) is 29.3 Å². The zero-order valence-corrected chi connectivity index (χ0v) is 8.84. The predicted molar refractivity (Wildman–Crippen MR) is 54.8 cm³/mol. The molecule has 0 radical (unpaired) electrons. The van der Waals surface area contributed by atoms with Gasteiger partial charge in [0.2, 0.25) is 0 Å². The van der Waals surface area contributed by atoms with Gasteiger partial charge in [-0.3, -0.25) is 0 Å². The number of hydrogen-bond donors (Lipinski definition) is 1. The van der Waals surface area contributed by atoms with Crippen LogP contribution in [-0.4, -0.2) is 14.7 Å². The lowest BCUT2D eigenvalue weighted by Crippen LogP contribution is -2.11. The van der Waals surface area contributed by atoms with Gasteiger partial charge >= 0.3 is 0 Å². The Kier molecular flexibility index (Phi) is 2.12. The Bertz CT molecular complexity index is 465. The van der Waals surface area contributed by atoms with Crippen molar-refractivity contribution in [3.8, 4) is 0 Å². The van der Waals surface area contributed by atoms with Crippen LogP contribution >= 0.6 is 0 Å². The lowest BCUT2D eigenvalue weighted by Gasteiger charge is -2.10. The highest BCUT2D eigenvalue weighted by atomic mass is 32.2. The number of benzene rings is 1. The summed E-state index contributed by atoms with van der Waals surface area (Å²) in [5.41, 5.74) is 7.79. The second-order valence-corrected chi connectivity index (χ2v) is 5.73. The molecule has 3 nitrogen and oxygen atoms in total. The van der Waals surface area contributed by atoms with Crippen LogP contribution in [0.1, 0.15) is 23.6 Å². The summed E-state index contributed by atoms with van der Waals surface area (Å²) in [5.74, 6) is 0. The van der Waals surface area contributed by atoms with Gasteiger partial charge in [-0.1, -0.05) is 12.1 Å². The predicted octanol–water partition coefficient (Wildman–Crippen LogP) is 1.04. The van der Waals surface area contributed by atoms with Crippen LogP contribution in [0.15, 0.2) is 23.1 Å². The fourth-order valence-electron chi connectivity index (χ4n) is 2.01. The largest absolute Gasteiger partial charge is 0.324 e. The topological polar surface area (TPSA) is 60.2 Å². The standard InChI is InChI=1S/C10H13NO2S/c1-14(12,13)9-4-2-3-7-5-6-8(11)10(7)9/h2-4,8H,5-6,11H2,1H3/t8-/m1/s1. The molecule has 0 saturated carbocycles. The summed E-state index contributed by atoms with van der Waals surface area (Å²) in [4.78, 5) is 0.403. The fourth-order valence-corrected chi connectivity index (χ4v) is 3.01. The van der Waals surface area contributed by atoms with Crippen LogP contribution in [0.3, 0.4) is 0 Å². The Morgan fingerprint density at radius 3 is 2.79 bits per heavy atom. The molecule has 76 valence electrons. The zero-order chi connectivity index (χ0) is 10.3. The van der Waals surface area contributed by atoms with Crippen molar-refractivity contribution in [2.24, 2.45) is 5.73 Å². The van der Waals surface area contributed by atoms with Crippen molar-refractivity contribution >= 4 is 9.84 Å². The number of fused-ring (bicyclic) bond motifs is 1. The Labute approximate surface area is 83.9 Å². The molecule has 1 aromatic carbocycles. The van der Waals surface area contributed by atoms with Gasteiger partial charge < -0.3 is 5.73 Å².